The van der Waals surface area contributed by atoms with Crippen LogP contribution in [0, 0.1) is 0 Å². The van der Waals surface area contributed by atoms with Crippen LogP contribution in [0.1, 0.15) is 18.9 Å². The highest BCUT2D eigenvalue weighted by Gasteiger charge is 2.59. The lowest BCUT2D eigenvalue weighted by Gasteiger charge is -2.30. The molecule has 0 spiro atoms. The average molecular weight is 330 g/mol. The van der Waals surface area contributed by atoms with Crippen LogP contribution in [0.25, 0.3) is 11.1 Å². The van der Waals surface area contributed by atoms with Gasteiger partial charge in [-0.3, -0.25) is 0 Å². The highest BCUT2D eigenvalue weighted by Crippen LogP contribution is 2.44. The fraction of sp³-hybridized carbons (Fsp3) is 0.294. The second-order valence-electron chi connectivity index (χ2n) is 5.60. The third-order valence-corrected chi connectivity index (χ3v) is 3.57. The molecule has 0 bridgehead atoms. The van der Waals surface area contributed by atoms with Gasteiger partial charge in [-0.25, -0.2) is 0 Å². The van der Waals surface area contributed by atoms with E-state index in [0.29, 0.717) is 5.56 Å². The Morgan fingerprint density at radius 1 is 0.826 bits per heavy atom. The Labute approximate surface area is 130 Å². The summed E-state index contributed by atoms with van der Waals surface area (Å²) in [7, 11) is 0. The van der Waals surface area contributed by atoms with Crippen molar-refractivity contribution in [3.8, 4) is 11.1 Å². The summed E-state index contributed by atoms with van der Waals surface area (Å²) in [5.41, 5.74) is -0.918. The summed E-state index contributed by atoms with van der Waals surface area (Å²) < 4.78 is 63.6. The molecule has 23 heavy (non-hydrogen) atoms. The van der Waals surface area contributed by atoms with Crippen LogP contribution in [-0.4, -0.2) is 17.2 Å². The van der Waals surface area contributed by atoms with Crippen molar-refractivity contribution in [2.75, 3.05) is 0 Å². The first kappa shape index (κ1) is 17.4. The van der Waals surface area contributed by atoms with E-state index in [-0.39, 0.29) is 5.56 Å². The zero-order valence-electron chi connectivity index (χ0n) is 12.2. The van der Waals surface area contributed by atoms with E-state index in [0.717, 1.165) is 12.5 Å². The second kappa shape index (κ2) is 5.92. The molecule has 2 aromatic carbocycles. The van der Waals surface area contributed by atoms with Gasteiger partial charge in [0, 0.05) is 0 Å². The standard InChI is InChI=1S/C17H15F5O/c1-15(23,11-16(18,19)17(20,21)22)14-9-5-8-13(10-14)12-6-3-2-4-7-12/h2-10,23H,11H2,1H3. The van der Waals surface area contributed by atoms with Crippen molar-refractivity contribution in [1.29, 1.82) is 0 Å². The van der Waals surface area contributed by atoms with E-state index in [4.69, 9.17) is 0 Å². The van der Waals surface area contributed by atoms with Crippen molar-refractivity contribution >= 4 is 0 Å². The maximum atomic E-state index is 13.3. The van der Waals surface area contributed by atoms with Gasteiger partial charge in [0.05, 0.1) is 12.0 Å². The van der Waals surface area contributed by atoms with Crippen LogP contribution < -0.4 is 0 Å². The molecule has 0 heterocycles. The molecule has 0 aliphatic heterocycles. The Morgan fingerprint density at radius 3 is 1.96 bits per heavy atom. The third-order valence-electron chi connectivity index (χ3n) is 3.57. The number of hydrogen-bond donors (Lipinski definition) is 1. The van der Waals surface area contributed by atoms with E-state index in [1.807, 2.05) is 0 Å². The molecule has 6 heteroatoms. The van der Waals surface area contributed by atoms with Crippen molar-refractivity contribution in [2.45, 2.75) is 31.0 Å². The third kappa shape index (κ3) is 3.88. The summed E-state index contributed by atoms with van der Waals surface area (Å²) in [5.74, 6) is -4.97. The van der Waals surface area contributed by atoms with Gasteiger partial charge in [-0.15, -0.1) is 0 Å². The van der Waals surface area contributed by atoms with Gasteiger partial charge in [-0.2, -0.15) is 22.0 Å². The topological polar surface area (TPSA) is 20.2 Å². The first-order valence-electron chi connectivity index (χ1n) is 6.86. The largest absolute Gasteiger partial charge is 0.453 e. The van der Waals surface area contributed by atoms with Gasteiger partial charge in [0.15, 0.2) is 0 Å². The number of benzene rings is 2. The number of rotatable bonds is 4. The van der Waals surface area contributed by atoms with Crippen LogP contribution in [-0.2, 0) is 5.60 Å². The molecule has 1 unspecified atom stereocenters. The van der Waals surface area contributed by atoms with Gasteiger partial charge in [-0.05, 0) is 29.7 Å². The maximum absolute atomic E-state index is 13.3. The van der Waals surface area contributed by atoms with Crippen molar-refractivity contribution in [3.05, 3.63) is 60.2 Å². The number of halogens is 5. The minimum atomic E-state index is -5.70. The molecule has 0 aliphatic rings. The summed E-state index contributed by atoms with van der Waals surface area (Å²) in [6, 6.07) is 14.9. The van der Waals surface area contributed by atoms with Crippen molar-refractivity contribution in [2.24, 2.45) is 0 Å². The monoisotopic (exact) mass is 330 g/mol. The molecule has 0 aromatic heterocycles. The Kier molecular flexibility index (Phi) is 4.48. The Balaban J connectivity index is 2.34. The van der Waals surface area contributed by atoms with E-state index in [9.17, 15) is 27.1 Å². The lowest BCUT2D eigenvalue weighted by Crippen LogP contribution is -2.42. The molecule has 0 saturated carbocycles. The summed E-state index contributed by atoms with van der Waals surface area (Å²) in [4.78, 5) is 0. The van der Waals surface area contributed by atoms with Crippen LogP contribution in [0.15, 0.2) is 54.6 Å². The summed E-state index contributed by atoms with van der Waals surface area (Å²) in [6.45, 7) is 0.955. The zero-order chi connectivity index (χ0) is 17.3. The molecule has 1 nitrogen and oxygen atoms in total. The van der Waals surface area contributed by atoms with Crippen LogP contribution in [0.5, 0.6) is 0 Å². The van der Waals surface area contributed by atoms with Gasteiger partial charge in [-0.1, -0.05) is 48.5 Å². The van der Waals surface area contributed by atoms with Crippen molar-refractivity contribution in [1.82, 2.24) is 0 Å². The van der Waals surface area contributed by atoms with Crippen LogP contribution in [0.4, 0.5) is 22.0 Å². The predicted molar refractivity (Wildman–Crippen MR) is 77.1 cm³/mol. The number of alkyl halides is 5. The fourth-order valence-electron chi connectivity index (χ4n) is 2.30. The summed E-state index contributed by atoms with van der Waals surface area (Å²) in [6.07, 6.45) is -7.43. The molecule has 2 rings (SSSR count). The second-order valence-corrected chi connectivity index (χ2v) is 5.60. The SMILES string of the molecule is CC(O)(CC(F)(F)C(F)(F)F)c1cccc(-c2ccccc2)c1. The minimum absolute atomic E-state index is 0.00257. The Bertz CT molecular complexity index is 662. The fourth-order valence-corrected chi connectivity index (χ4v) is 2.30. The van der Waals surface area contributed by atoms with Gasteiger partial charge in [0.1, 0.15) is 0 Å². The summed E-state index contributed by atoms with van der Waals surface area (Å²) >= 11 is 0. The van der Waals surface area contributed by atoms with Gasteiger partial charge < -0.3 is 5.11 Å². The van der Waals surface area contributed by atoms with E-state index in [1.54, 1.807) is 36.4 Å². The Morgan fingerprint density at radius 2 is 1.39 bits per heavy atom. The lowest BCUT2D eigenvalue weighted by molar-refractivity contribution is -0.296. The smallest absolute Gasteiger partial charge is 0.385 e. The normalized spacial score (nSPS) is 15.3. The summed E-state index contributed by atoms with van der Waals surface area (Å²) in [5, 5.41) is 10.2. The van der Waals surface area contributed by atoms with E-state index in [1.165, 1.54) is 18.2 Å². The first-order valence-corrected chi connectivity index (χ1v) is 6.86. The lowest BCUT2D eigenvalue weighted by atomic mass is 9.87. The van der Waals surface area contributed by atoms with Gasteiger partial charge >= 0.3 is 12.1 Å². The quantitative estimate of drug-likeness (QED) is 0.769. The van der Waals surface area contributed by atoms with Gasteiger partial charge in [0.2, 0.25) is 0 Å². The van der Waals surface area contributed by atoms with Gasteiger partial charge in [0.25, 0.3) is 0 Å². The maximum Gasteiger partial charge on any atom is 0.453 e. The van der Waals surface area contributed by atoms with E-state index < -0.39 is 24.1 Å². The molecule has 0 fully saturated rings. The van der Waals surface area contributed by atoms with Crippen LogP contribution >= 0.6 is 0 Å². The number of hydrogen-bond acceptors (Lipinski definition) is 1. The molecule has 1 atom stereocenters. The van der Waals surface area contributed by atoms with E-state index >= 15 is 0 Å². The van der Waals surface area contributed by atoms with Crippen LogP contribution in [0.2, 0.25) is 0 Å². The molecule has 124 valence electrons. The molecule has 1 N–H and O–H groups in total. The average Bonchev–Trinajstić information content (AvgIpc) is 2.46. The first-order chi connectivity index (χ1) is 10.5. The van der Waals surface area contributed by atoms with Crippen molar-refractivity contribution in [3.63, 3.8) is 0 Å². The van der Waals surface area contributed by atoms with Crippen LogP contribution in [0.3, 0.4) is 0 Å². The van der Waals surface area contributed by atoms with Crippen molar-refractivity contribution < 1.29 is 27.1 Å². The highest BCUT2D eigenvalue weighted by molar-refractivity contribution is 5.64. The number of aliphatic hydroxyl groups is 1. The molecular formula is C17H15F5O. The zero-order valence-corrected chi connectivity index (χ0v) is 12.2. The molecule has 2 aromatic rings. The van der Waals surface area contributed by atoms with E-state index in [2.05, 4.69) is 0 Å². The predicted octanol–water partition coefficient (Wildman–Crippen LogP) is 5.15. The minimum Gasteiger partial charge on any atom is -0.385 e. The molecule has 0 aliphatic carbocycles. The molecular weight excluding hydrogens is 315 g/mol. The molecule has 0 amide bonds. The Hall–Kier alpha value is -1.95. The molecule has 0 saturated heterocycles. The highest BCUT2D eigenvalue weighted by atomic mass is 19.4. The molecule has 0 radical (unpaired) electrons.